The average Bonchev–Trinajstić information content (AvgIpc) is 2.01. The zero-order valence-corrected chi connectivity index (χ0v) is 8.59. The molecule has 0 saturated heterocycles. The Balaban J connectivity index is 0. The summed E-state index contributed by atoms with van der Waals surface area (Å²) in [5.41, 5.74) is -0.139. The van der Waals surface area contributed by atoms with Gasteiger partial charge in [0.15, 0.2) is 0 Å². The Hall–Kier alpha value is -0.660. The second-order valence-electron chi connectivity index (χ2n) is 3.79. The standard InChI is InChI=1S/2C5H10O/c1-5(2,3)4-6;1-2-3-4-5-6/h4H,1-3H3;5H,2-4H2,1H3. The molecular weight excluding hydrogens is 152 g/mol. The molecule has 0 atom stereocenters. The van der Waals surface area contributed by atoms with E-state index in [1.165, 1.54) is 0 Å². The molecule has 0 saturated carbocycles. The van der Waals surface area contributed by atoms with Gasteiger partial charge in [0.05, 0.1) is 0 Å². The molecule has 0 spiro atoms. The summed E-state index contributed by atoms with van der Waals surface area (Å²) >= 11 is 0. The van der Waals surface area contributed by atoms with Crippen LogP contribution in [0.2, 0.25) is 0 Å². The second-order valence-corrected chi connectivity index (χ2v) is 3.79. The molecule has 0 aliphatic carbocycles. The lowest BCUT2D eigenvalue weighted by Crippen LogP contribution is -2.04. The summed E-state index contributed by atoms with van der Waals surface area (Å²) in [6.45, 7) is 7.70. The number of hydrogen-bond acceptors (Lipinski definition) is 2. The third kappa shape index (κ3) is 22.8. The third-order valence-electron chi connectivity index (χ3n) is 1.03. The van der Waals surface area contributed by atoms with Crippen LogP contribution in [0.1, 0.15) is 47.0 Å². The quantitative estimate of drug-likeness (QED) is 0.484. The maximum Gasteiger partial charge on any atom is 0.125 e. The van der Waals surface area contributed by atoms with Crippen LogP contribution in [-0.2, 0) is 9.59 Å². The number of hydrogen-bond donors (Lipinski definition) is 0. The van der Waals surface area contributed by atoms with Crippen molar-refractivity contribution in [1.82, 2.24) is 0 Å². The van der Waals surface area contributed by atoms with Gasteiger partial charge in [0, 0.05) is 11.8 Å². The minimum absolute atomic E-state index is 0.139. The maximum absolute atomic E-state index is 9.83. The highest BCUT2D eigenvalue weighted by Gasteiger charge is 2.04. The maximum atomic E-state index is 9.83. The topological polar surface area (TPSA) is 34.1 Å². The monoisotopic (exact) mass is 172 g/mol. The Morgan fingerprint density at radius 1 is 1.17 bits per heavy atom. The van der Waals surface area contributed by atoms with Crippen molar-refractivity contribution < 1.29 is 9.59 Å². The van der Waals surface area contributed by atoms with Gasteiger partial charge in [-0.05, 0) is 6.42 Å². The summed E-state index contributed by atoms with van der Waals surface area (Å²) in [7, 11) is 0. The van der Waals surface area contributed by atoms with Gasteiger partial charge in [-0.15, -0.1) is 0 Å². The molecule has 12 heavy (non-hydrogen) atoms. The Bertz CT molecular complexity index is 111. The fourth-order valence-electron chi connectivity index (χ4n) is 0.287. The van der Waals surface area contributed by atoms with Crippen molar-refractivity contribution in [2.45, 2.75) is 47.0 Å². The molecule has 2 heteroatoms. The summed E-state index contributed by atoms with van der Waals surface area (Å²) in [6, 6.07) is 0. The van der Waals surface area contributed by atoms with Crippen LogP contribution in [0.15, 0.2) is 0 Å². The molecule has 0 amide bonds. The predicted octanol–water partition coefficient (Wildman–Crippen LogP) is 2.61. The SMILES string of the molecule is CC(C)(C)C=O.CCCCC=O. The molecule has 0 rings (SSSR count). The summed E-state index contributed by atoms with van der Waals surface area (Å²) in [4.78, 5) is 19.4. The third-order valence-corrected chi connectivity index (χ3v) is 1.03. The van der Waals surface area contributed by atoms with Crippen LogP contribution in [0, 0.1) is 5.41 Å². The van der Waals surface area contributed by atoms with Crippen molar-refractivity contribution in [3.05, 3.63) is 0 Å². The molecule has 0 aliphatic rings. The number of aldehydes is 2. The van der Waals surface area contributed by atoms with Gasteiger partial charge < -0.3 is 9.59 Å². The summed E-state index contributed by atoms with van der Waals surface area (Å²) in [6.07, 6.45) is 4.80. The van der Waals surface area contributed by atoms with E-state index in [1.807, 2.05) is 20.8 Å². The smallest absolute Gasteiger partial charge is 0.125 e. The lowest BCUT2D eigenvalue weighted by atomic mass is 10.0. The Morgan fingerprint density at radius 3 is 1.67 bits per heavy atom. The van der Waals surface area contributed by atoms with E-state index >= 15 is 0 Å². The van der Waals surface area contributed by atoms with E-state index in [4.69, 9.17) is 0 Å². The van der Waals surface area contributed by atoms with Crippen molar-refractivity contribution in [2.24, 2.45) is 5.41 Å². The van der Waals surface area contributed by atoms with Crippen LogP contribution in [0.4, 0.5) is 0 Å². The van der Waals surface area contributed by atoms with Gasteiger partial charge in [-0.2, -0.15) is 0 Å². The zero-order valence-electron chi connectivity index (χ0n) is 8.59. The Morgan fingerprint density at radius 2 is 1.58 bits per heavy atom. The van der Waals surface area contributed by atoms with Gasteiger partial charge in [-0.3, -0.25) is 0 Å². The first-order valence-corrected chi connectivity index (χ1v) is 4.38. The molecule has 0 unspecified atom stereocenters. The fourth-order valence-corrected chi connectivity index (χ4v) is 0.287. The first-order chi connectivity index (χ1) is 5.47. The predicted molar refractivity (Wildman–Crippen MR) is 51.1 cm³/mol. The molecule has 0 aromatic heterocycles. The van der Waals surface area contributed by atoms with E-state index in [0.717, 1.165) is 31.8 Å². The van der Waals surface area contributed by atoms with Crippen LogP contribution in [0.25, 0.3) is 0 Å². The number of rotatable bonds is 3. The number of carbonyl (C=O) groups is 2. The normalized spacial score (nSPS) is 9.67. The van der Waals surface area contributed by atoms with Gasteiger partial charge in [-0.25, -0.2) is 0 Å². The molecule has 72 valence electrons. The van der Waals surface area contributed by atoms with Gasteiger partial charge in [0.25, 0.3) is 0 Å². The molecule has 0 radical (unpaired) electrons. The molecule has 0 heterocycles. The minimum atomic E-state index is -0.139. The van der Waals surface area contributed by atoms with Crippen molar-refractivity contribution in [3.63, 3.8) is 0 Å². The highest BCUT2D eigenvalue weighted by molar-refractivity contribution is 5.56. The van der Waals surface area contributed by atoms with E-state index in [0.29, 0.717) is 0 Å². The number of carbonyl (C=O) groups excluding carboxylic acids is 2. The first kappa shape index (κ1) is 13.9. The van der Waals surface area contributed by atoms with Gasteiger partial charge in [0.1, 0.15) is 12.6 Å². The summed E-state index contributed by atoms with van der Waals surface area (Å²) in [5.74, 6) is 0. The highest BCUT2D eigenvalue weighted by atomic mass is 16.1. The average molecular weight is 172 g/mol. The van der Waals surface area contributed by atoms with Crippen LogP contribution in [0.3, 0.4) is 0 Å². The number of unbranched alkanes of at least 4 members (excludes halogenated alkanes) is 2. The Kier molecular flexibility index (Phi) is 9.77. The Labute approximate surface area is 75.4 Å². The van der Waals surface area contributed by atoms with E-state index < -0.39 is 0 Å². The summed E-state index contributed by atoms with van der Waals surface area (Å²) < 4.78 is 0. The van der Waals surface area contributed by atoms with Crippen molar-refractivity contribution in [2.75, 3.05) is 0 Å². The van der Waals surface area contributed by atoms with Gasteiger partial charge >= 0.3 is 0 Å². The lowest BCUT2D eigenvalue weighted by molar-refractivity contribution is -0.114. The molecule has 0 N–H and O–H groups in total. The van der Waals surface area contributed by atoms with E-state index in [9.17, 15) is 9.59 Å². The molecule has 2 nitrogen and oxygen atoms in total. The van der Waals surface area contributed by atoms with Gasteiger partial charge in [0.2, 0.25) is 0 Å². The molecule has 0 fully saturated rings. The van der Waals surface area contributed by atoms with Crippen LogP contribution in [0.5, 0.6) is 0 Å². The van der Waals surface area contributed by atoms with E-state index in [-0.39, 0.29) is 5.41 Å². The first-order valence-electron chi connectivity index (χ1n) is 4.38. The largest absolute Gasteiger partial charge is 0.303 e. The molecule has 0 bridgehead atoms. The van der Waals surface area contributed by atoms with Crippen molar-refractivity contribution in [1.29, 1.82) is 0 Å². The molecule has 0 aliphatic heterocycles. The van der Waals surface area contributed by atoms with Crippen molar-refractivity contribution in [3.8, 4) is 0 Å². The minimum Gasteiger partial charge on any atom is -0.303 e. The molecule has 0 aromatic carbocycles. The van der Waals surface area contributed by atoms with Crippen LogP contribution < -0.4 is 0 Å². The summed E-state index contributed by atoms with van der Waals surface area (Å²) in [5, 5.41) is 0. The van der Waals surface area contributed by atoms with E-state index in [2.05, 4.69) is 6.92 Å². The van der Waals surface area contributed by atoms with Crippen LogP contribution >= 0.6 is 0 Å². The van der Waals surface area contributed by atoms with Gasteiger partial charge in [-0.1, -0.05) is 34.1 Å². The van der Waals surface area contributed by atoms with Crippen LogP contribution in [-0.4, -0.2) is 12.6 Å². The fraction of sp³-hybridized carbons (Fsp3) is 0.800. The van der Waals surface area contributed by atoms with Crippen molar-refractivity contribution >= 4 is 12.6 Å². The molecule has 0 aromatic rings. The zero-order chi connectivity index (χ0) is 10.0. The highest BCUT2D eigenvalue weighted by Crippen LogP contribution is 2.05. The second kappa shape index (κ2) is 8.44. The lowest BCUT2D eigenvalue weighted by Gasteiger charge is -2.03. The molecular formula is C10H20O2. The van der Waals surface area contributed by atoms with E-state index in [1.54, 1.807) is 0 Å².